The Labute approximate surface area is 160 Å². The maximum Gasteiger partial charge on any atom is 0.323 e. The van der Waals surface area contributed by atoms with Crippen LogP contribution in [0.2, 0.25) is 0 Å². The van der Waals surface area contributed by atoms with Gasteiger partial charge in [0.1, 0.15) is 5.82 Å². The van der Waals surface area contributed by atoms with E-state index in [0.717, 1.165) is 37.1 Å². The van der Waals surface area contributed by atoms with Gasteiger partial charge in [-0.15, -0.1) is 0 Å². The van der Waals surface area contributed by atoms with Crippen molar-refractivity contribution in [1.82, 2.24) is 24.6 Å². The Bertz CT molecular complexity index is 798. The van der Waals surface area contributed by atoms with Gasteiger partial charge in [0.05, 0.1) is 6.20 Å². The minimum atomic E-state index is -0.0476. The average Bonchev–Trinajstić information content (AvgIpc) is 3.12. The predicted molar refractivity (Wildman–Crippen MR) is 105 cm³/mol. The lowest BCUT2D eigenvalue weighted by Gasteiger charge is -2.46. The SMILES string of the molecule is CN1CCC2(CC1)CCN(C(=O)Nc1cc(-c3cnn(C)c3)ccn1)CC2. The van der Waals surface area contributed by atoms with Crippen LogP contribution in [0.3, 0.4) is 0 Å². The van der Waals surface area contributed by atoms with Crippen LogP contribution in [0.25, 0.3) is 11.1 Å². The first-order valence-corrected chi connectivity index (χ1v) is 9.73. The van der Waals surface area contributed by atoms with Crippen LogP contribution in [-0.2, 0) is 7.05 Å². The zero-order valence-electron chi connectivity index (χ0n) is 16.2. The second kappa shape index (κ2) is 7.31. The Hall–Kier alpha value is -2.41. The van der Waals surface area contributed by atoms with Crippen LogP contribution in [-0.4, -0.2) is 63.8 Å². The van der Waals surface area contributed by atoms with Crippen LogP contribution >= 0.6 is 0 Å². The molecule has 0 aromatic carbocycles. The highest BCUT2D eigenvalue weighted by atomic mass is 16.2. The fourth-order valence-corrected chi connectivity index (χ4v) is 4.21. The summed E-state index contributed by atoms with van der Waals surface area (Å²) in [6.07, 6.45) is 10.2. The number of pyridine rings is 1. The number of carbonyl (C=O) groups excluding carboxylic acids is 1. The number of aryl methyl sites for hydroxylation is 1. The summed E-state index contributed by atoms with van der Waals surface area (Å²) in [5.41, 5.74) is 2.46. The molecule has 0 unspecified atom stereocenters. The van der Waals surface area contributed by atoms with E-state index in [9.17, 15) is 4.79 Å². The highest BCUT2D eigenvalue weighted by molar-refractivity contribution is 5.89. The third-order valence-corrected chi connectivity index (χ3v) is 6.19. The van der Waals surface area contributed by atoms with Crippen LogP contribution in [0, 0.1) is 5.41 Å². The number of urea groups is 1. The molecule has 0 radical (unpaired) electrons. The van der Waals surface area contributed by atoms with Crippen LogP contribution in [0.4, 0.5) is 10.6 Å². The molecule has 4 heterocycles. The van der Waals surface area contributed by atoms with Gasteiger partial charge in [-0.25, -0.2) is 9.78 Å². The van der Waals surface area contributed by atoms with Crippen LogP contribution in [0.1, 0.15) is 25.7 Å². The van der Waals surface area contributed by atoms with E-state index in [2.05, 4.69) is 27.3 Å². The molecule has 144 valence electrons. The summed E-state index contributed by atoms with van der Waals surface area (Å²) in [7, 11) is 4.09. The normalized spacial score (nSPS) is 20.0. The first-order valence-electron chi connectivity index (χ1n) is 9.73. The second-order valence-corrected chi connectivity index (χ2v) is 8.05. The minimum absolute atomic E-state index is 0.0476. The molecule has 2 aromatic rings. The zero-order valence-corrected chi connectivity index (χ0v) is 16.2. The molecule has 2 fully saturated rings. The monoisotopic (exact) mass is 368 g/mol. The molecular weight excluding hydrogens is 340 g/mol. The molecule has 2 saturated heterocycles. The lowest BCUT2D eigenvalue weighted by atomic mass is 9.71. The van der Waals surface area contributed by atoms with E-state index in [4.69, 9.17) is 0 Å². The van der Waals surface area contributed by atoms with E-state index in [-0.39, 0.29) is 6.03 Å². The van der Waals surface area contributed by atoms with Gasteiger partial charge in [-0.3, -0.25) is 10.00 Å². The Balaban J connectivity index is 1.36. The summed E-state index contributed by atoms with van der Waals surface area (Å²) in [5.74, 6) is 0.584. The quantitative estimate of drug-likeness (QED) is 0.885. The molecule has 0 atom stereocenters. The summed E-state index contributed by atoms with van der Waals surface area (Å²) in [4.78, 5) is 21.3. The van der Waals surface area contributed by atoms with Crippen molar-refractivity contribution < 1.29 is 4.79 Å². The van der Waals surface area contributed by atoms with Gasteiger partial charge in [0, 0.05) is 38.1 Å². The number of anilines is 1. The molecule has 0 bridgehead atoms. The van der Waals surface area contributed by atoms with E-state index < -0.39 is 0 Å². The molecule has 2 aliphatic heterocycles. The number of hydrogen-bond donors (Lipinski definition) is 1. The van der Waals surface area contributed by atoms with E-state index in [0.29, 0.717) is 11.2 Å². The summed E-state index contributed by atoms with van der Waals surface area (Å²) in [6.45, 7) is 4.02. The number of amides is 2. The Kier molecular flexibility index (Phi) is 4.86. The molecule has 2 aliphatic rings. The van der Waals surface area contributed by atoms with E-state index >= 15 is 0 Å². The van der Waals surface area contributed by atoms with E-state index in [1.807, 2.05) is 36.5 Å². The summed E-state index contributed by atoms with van der Waals surface area (Å²) in [5, 5.41) is 7.17. The average molecular weight is 368 g/mol. The molecule has 7 nitrogen and oxygen atoms in total. The Morgan fingerprint density at radius 2 is 1.78 bits per heavy atom. The third-order valence-electron chi connectivity index (χ3n) is 6.19. The molecule has 0 saturated carbocycles. The topological polar surface area (TPSA) is 66.3 Å². The lowest BCUT2D eigenvalue weighted by Crippen LogP contribution is -2.48. The standard InChI is InChI=1S/C20H28N6O/c1-24-9-4-20(5-10-24)6-11-26(12-7-20)19(27)23-18-13-16(3-8-21-18)17-14-22-25(2)15-17/h3,8,13-15H,4-7,9-12H2,1-2H3,(H,21,23,27). The van der Waals surface area contributed by atoms with Gasteiger partial charge in [0.15, 0.2) is 0 Å². The zero-order chi connectivity index (χ0) is 18.9. The number of nitrogens with one attached hydrogen (secondary N) is 1. The number of carbonyl (C=O) groups is 1. The van der Waals surface area contributed by atoms with Gasteiger partial charge in [-0.05, 0) is 68.9 Å². The van der Waals surface area contributed by atoms with Gasteiger partial charge < -0.3 is 9.80 Å². The van der Waals surface area contributed by atoms with Gasteiger partial charge in [-0.2, -0.15) is 5.10 Å². The summed E-state index contributed by atoms with van der Waals surface area (Å²) < 4.78 is 1.76. The van der Waals surface area contributed by atoms with Crippen molar-refractivity contribution in [2.75, 3.05) is 38.5 Å². The Morgan fingerprint density at radius 1 is 1.07 bits per heavy atom. The van der Waals surface area contributed by atoms with Gasteiger partial charge in [0.25, 0.3) is 0 Å². The predicted octanol–water partition coefficient (Wildman–Crippen LogP) is 2.82. The van der Waals surface area contributed by atoms with Gasteiger partial charge >= 0.3 is 6.03 Å². The Morgan fingerprint density at radius 3 is 2.44 bits per heavy atom. The number of rotatable bonds is 2. The lowest BCUT2D eigenvalue weighted by molar-refractivity contribution is 0.0563. The van der Waals surface area contributed by atoms with Crippen molar-refractivity contribution in [1.29, 1.82) is 0 Å². The van der Waals surface area contributed by atoms with Gasteiger partial charge in [0.2, 0.25) is 0 Å². The molecule has 27 heavy (non-hydrogen) atoms. The maximum absolute atomic E-state index is 12.7. The molecule has 1 N–H and O–H groups in total. The summed E-state index contributed by atoms with van der Waals surface area (Å²) >= 11 is 0. The smallest absolute Gasteiger partial charge is 0.323 e. The molecule has 4 rings (SSSR count). The highest BCUT2D eigenvalue weighted by Crippen LogP contribution is 2.41. The number of likely N-dealkylation sites (tertiary alicyclic amines) is 2. The van der Waals surface area contributed by atoms with E-state index in [1.165, 1.54) is 25.9 Å². The first-order chi connectivity index (χ1) is 13.0. The largest absolute Gasteiger partial charge is 0.324 e. The molecule has 0 aliphatic carbocycles. The number of nitrogens with zero attached hydrogens (tertiary/aromatic N) is 5. The third kappa shape index (κ3) is 3.98. The maximum atomic E-state index is 12.7. The number of hydrogen-bond acceptors (Lipinski definition) is 4. The molecule has 7 heteroatoms. The number of aromatic nitrogens is 3. The molecular formula is C20H28N6O. The van der Waals surface area contributed by atoms with Crippen LogP contribution in [0.5, 0.6) is 0 Å². The van der Waals surface area contributed by atoms with Gasteiger partial charge in [-0.1, -0.05) is 0 Å². The number of piperidine rings is 2. The molecule has 1 spiro atoms. The fraction of sp³-hybridized carbons (Fsp3) is 0.550. The van der Waals surface area contributed by atoms with Crippen molar-refractivity contribution in [2.45, 2.75) is 25.7 Å². The molecule has 2 amide bonds. The minimum Gasteiger partial charge on any atom is -0.324 e. The first kappa shape index (κ1) is 18.0. The van der Waals surface area contributed by atoms with Crippen molar-refractivity contribution in [3.05, 3.63) is 30.7 Å². The van der Waals surface area contributed by atoms with Crippen molar-refractivity contribution in [3.63, 3.8) is 0 Å². The van der Waals surface area contributed by atoms with Crippen molar-refractivity contribution in [3.8, 4) is 11.1 Å². The van der Waals surface area contributed by atoms with Crippen molar-refractivity contribution in [2.24, 2.45) is 12.5 Å². The second-order valence-electron chi connectivity index (χ2n) is 8.05. The van der Waals surface area contributed by atoms with Crippen LogP contribution < -0.4 is 5.32 Å². The fourth-order valence-electron chi connectivity index (χ4n) is 4.21. The highest BCUT2D eigenvalue weighted by Gasteiger charge is 2.37. The van der Waals surface area contributed by atoms with E-state index in [1.54, 1.807) is 10.9 Å². The molecule has 2 aromatic heterocycles. The van der Waals surface area contributed by atoms with Crippen molar-refractivity contribution >= 4 is 11.8 Å². The summed E-state index contributed by atoms with van der Waals surface area (Å²) in [6, 6.07) is 3.78. The van der Waals surface area contributed by atoms with Crippen LogP contribution in [0.15, 0.2) is 30.7 Å².